The van der Waals surface area contributed by atoms with Gasteiger partial charge in [0.15, 0.2) is 0 Å². The summed E-state index contributed by atoms with van der Waals surface area (Å²) in [6, 6.07) is 11.3. The van der Waals surface area contributed by atoms with E-state index in [2.05, 4.69) is 33.1 Å². The Morgan fingerprint density at radius 1 is 0.892 bits per heavy atom. The molecule has 0 radical (unpaired) electrons. The number of halogens is 2. The number of nitrogens with two attached hydrogens (primary N) is 1. The number of piperidine rings is 2. The Hall–Kier alpha value is -7.91. The Bertz CT molecular complexity index is 3390. The van der Waals surface area contributed by atoms with Gasteiger partial charge in [0, 0.05) is 86.3 Å². The minimum atomic E-state index is -5.90. The Morgan fingerprint density at radius 2 is 1.63 bits per heavy atom. The lowest BCUT2D eigenvalue weighted by atomic mass is 9.91. The zero-order valence-corrected chi connectivity index (χ0v) is 46.9. The predicted octanol–water partition coefficient (Wildman–Crippen LogP) is 3.28. The van der Waals surface area contributed by atoms with Crippen LogP contribution in [0.15, 0.2) is 72.8 Å². The molecule has 0 bridgehead atoms. The zero-order chi connectivity index (χ0) is 59.5. The largest absolute Gasteiger partial charge is 0.399 e. The fraction of sp³-hybridized carbons (Fsp3) is 0.439. The van der Waals surface area contributed by atoms with Gasteiger partial charge in [-0.3, -0.25) is 57.8 Å². The number of nitrogens with zero attached hydrogens (tertiary/aromatic N) is 4. The van der Waals surface area contributed by atoms with Crippen LogP contribution in [0.5, 0.6) is 0 Å². The second kappa shape index (κ2) is 24.9. The molecule has 5 aliphatic rings. The summed E-state index contributed by atoms with van der Waals surface area (Å²) in [4.78, 5) is 159. The fourth-order valence-electron chi connectivity index (χ4n) is 11.5. The third-order valence-corrected chi connectivity index (χ3v) is 18.2. The van der Waals surface area contributed by atoms with Crippen LogP contribution in [0.1, 0.15) is 126 Å². The van der Waals surface area contributed by atoms with Crippen LogP contribution in [0.4, 0.5) is 8.78 Å². The highest BCUT2D eigenvalue weighted by atomic mass is 32.1. The lowest BCUT2D eigenvalue weighted by Crippen LogP contribution is -2.62. The van der Waals surface area contributed by atoms with Gasteiger partial charge in [-0.1, -0.05) is 54.3 Å². The number of amides is 10. The number of benzene rings is 3. The summed E-state index contributed by atoms with van der Waals surface area (Å²) in [5.41, 5.74) is 2.41. The molecular weight excluding hydrogens is 1120 g/mol. The smallest absolute Gasteiger partial charge is 0.370 e. The van der Waals surface area contributed by atoms with Gasteiger partial charge < -0.3 is 51.1 Å². The average Bonchev–Trinajstić information content (AvgIpc) is 4.42. The highest BCUT2D eigenvalue weighted by molar-refractivity contribution is 7.52. The molecule has 8 N–H and O–H groups in total. The molecule has 438 valence electrons. The first-order valence-corrected chi connectivity index (χ1v) is 29.8. The Balaban J connectivity index is 0.844. The molecule has 0 saturated carbocycles. The summed E-state index contributed by atoms with van der Waals surface area (Å²) in [6.07, 6.45) is 3.02. The molecule has 0 spiro atoms. The number of alkyl halides is 2. The molecular formula is C57H62F2N9O13PS. The van der Waals surface area contributed by atoms with E-state index >= 15 is 0 Å². The van der Waals surface area contributed by atoms with Crippen molar-refractivity contribution in [2.24, 2.45) is 11.7 Å². The summed E-state index contributed by atoms with van der Waals surface area (Å²) in [5, 5.41) is 10.6. The number of carbonyl (C=O) groups excluding carboxylic acids is 10. The van der Waals surface area contributed by atoms with Gasteiger partial charge in [-0.25, -0.2) is 0 Å². The van der Waals surface area contributed by atoms with Crippen molar-refractivity contribution >= 4 is 88.1 Å². The van der Waals surface area contributed by atoms with E-state index in [-0.39, 0.29) is 86.2 Å². The summed E-state index contributed by atoms with van der Waals surface area (Å²) < 4.78 is 41.1. The molecule has 3 aromatic carbocycles. The molecule has 22 nitrogen and oxygen atoms in total. The van der Waals surface area contributed by atoms with Crippen LogP contribution in [0, 0.1) is 17.8 Å². The van der Waals surface area contributed by atoms with Crippen molar-refractivity contribution < 1.29 is 71.1 Å². The summed E-state index contributed by atoms with van der Waals surface area (Å²) in [7, 11) is -5.90. The number of rotatable bonds is 16. The molecule has 0 aliphatic carbocycles. The molecule has 26 heteroatoms. The lowest BCUT2D eigenvalue weighted by Gasteiger charge is -2.38. The van der Waals surface area contributed by atoms with E-state index < -0.39 is 102 Å². The van der Waals surface area contributed by atoms with Gasteiger partial charge in [0.1, 0.15) is 30.2 Å². The Kier molecular flexibility index (Phi) is 17.9. The van der Waals surface area contributed by atoms with E-state index in [1.165, 1.54) is 33.8 Å². The van der Waals surface area contributed by atoms with Gasteiger partial charge in [-0.15, -0.1) is 11.3 Å². The van der Waals surface area contributed by atoms with Crippen molar-refractivity contribution in [1.29, 1.82) is 0 Å². The highest BCUT2D eigenvalue weighted by Crippen LogP contribution is 2.59. The standard InChI is InChI=1S/C57H62F2N9O13PS/c1-32(69)66-27-24-38-15-17-44(68(38)55(77)42(31-66)62-53(75)46-29-36-28-37(14-19-45(36)83-46)57(58,59)82(79,80)81)52(74)61-41(16-20-47(60)70)50(72)64-49(35-10-3-2-4-11-35)56(78)65-25-22-33(23-26-65)8-5-6-9-34-12-7-13-39-40(34)30-67(54(39)76)43-18-21-48(71)63-51(43)73/h2-4,7,10-14,19,28-29,33,38,41-44,49H,5,8,15-18,20-27,30-31H2,1H3,(H2,60,70)(H,61,74)(H,62,75)(H,64,72)(H,63,71,73)(H2,79,80,81)/t38-,41+,42+,43?,44+,49+/m1/s1. The third kappa shape index (κ3) is 13.2. The van der Waals surface area contributed by atoms with Crippen LogP contribution in [-0.4, -0.2) is 145 Å². The van der Waals surface area contributed by atoms with Crippen LogP contribution in [0.2, 0.25) is 0 Å². The monoisotopic (exact) mass is 1180 g/mol. The van der Waals surface area contributed by atoms with E-state index in [0.717, 1.165) is 35.5 Å². The maximum Gasteiger partial charge on any atom is 0.399 e. The lowest BCUT2D eigenvalue weighted by molar-refractivity contribution is -0.145. The van der Waals surface area contributed by atoms with Crippen molar-refractivity contribution in [3.63, 3.8) is 0 Å². The van der Waals surface area contributed by atoms with Crippen molar-refractivity contribution in [3.8, 4) is 11.8 Å². The normalized spacial score (nSPS) is 21.2. The highest BCUT2D eigenvalue weighted by Gasteiger charge is 2.51. The first-order valence-electron chi connectivity index (χ1n) is 27.3. The maximum absolute atomic E-state index is 14.7. The van der Waals surface area contributed by atoms with Crippen LogP contribution in [0.25, 0.3) is 10.1 Å². The van der Waals surface area contributed by atoms with E-state index in [0.29, 0.717) is 60.2 Å². The zero-order valence-electron chi connectivity index (χ0n) is 45.1. The van der Waals surface area contributed by atoms with Crippen LogP contribution in [-0.2, 0) is 55.1 Å². The quantitative estimate of drug-likeness (QED) is 0.0482. The van der Waals surface area contributed by atoms with Crippen molar-refractivity contribution in [2.45, 2.75) is 126 Å². The number of nitrogens with one attached hydrogen (secondary N) is 4. The second-order valence-electron chi connectivity index (χ2n) is 21.5. The second-order valence-corrected chi connectivity index (χ2v) is 24.2. The van der Waals surface area contributed by atoms with E-state index in [9.17, 15) is 71.1 Å². The predicted molar refractivity (Wildman–Crippen MR) is 295 cm³/mol. The maximum atomic E-state index is 14.7. The van der Waals surface area contributed by atoms with Crippen molar-refractivity contribution in [3.05, 3.63) is 105 Å². The number of hydrogen-bond acceptors (Lipinski definition) is 12. The first-order chi connectivity index (χ1) is 39.5. The van der Waals surface area contributed by atoms with Gasteiger partial charge in [-0.05, 0) is 104 Å². The Labute approximate surface area is 479 Å². The molecule has 10 amide bonds. The molecule has 1 aromatic heterocycles. The molecule has 83 heavy (non-hydrogen) atoms. The number of likely N-dealkylation sites (tertiary alicyclic amines) is 1. The van der Waals surface area contributed by atoms with Crippen LogP contribution >= 0.6 is 18.9 Å². The number of primary amides is 1. The number of fused-ring (bicyclic) bond motifs is 3. The third-order valence-electron chi connectivity index (χ3n) is 16.1. The molecule has 4 fully saturated rings. The molecule has 6 atom stereocenters. The SMILES string of the molecule is CC(=O)N1CC[C@H]2CC[C@@H](C(=O)N[C@@H](CCC(N)=O)C(=O)N[C@H](C(=O)N3CCC(CCC#Cc4cccc5c4CN(C4CCC(=O)NC4=O)C5=O)CC3)c3ccccc3)N2C(=O)[C@@H](NC(=O)c2cc3cc(C(F)(F)P(=O)(O)O)ccc3s2)C1. The number of imide groups is 1. The Morgan fingerprint density at radius 3 is 2.33 bits per heavy atom. The van der Waals surface area contributed by atoms with E-state index in [4.69, 9.17) is 5.73 Å². The van der Waals surface area contributed by atoms with E-state index in [1.807, 2.05) is 6.07 Å². The minimum absolute atomic E-state index is 0.0521. The molecule has 5 aliphatic heterocycles. The average molecular weight is 1180 g/mol. The van der Waals surface area contributed by atoms with Gasteiger partial charge >= 0.3 is 13.3 Å². The van der Waals surface area contributed by atoms with Crippen molar-refractivity contribution in [1.82, 2.24) is 40.9 Å². The summed E-state index contributed by atoms with van der Waals surface area (Å²) in [6.45, 7) is 2.09. The van der Waals surface area contributed by atoms with Crippen LogP contribution in [0.3, 0.4) is 0 Å². The van der Waals surface area contributed by atoms with Gasteiger partial charge in [0.05, 0.1) is 4.88 Å². The molecule has 9 rings (SSSR count). The van der Waals surface area contributed by atoms with Gasteiger partial charge in [0.25, 0.3) is 11.8 Å². The van der Waals surface area contributed by atoms with Crippen molar-refractivity contribution in [2.75, 3.05) is 26.2 Å². The number of hydrogen-bond donors (Lipinski definition) is 7. The van der Waals surface area contributed by atoms with Gasteiger partial charge in [-0.2, -0.15) is 8.78 Å². The fourth-order valence-corrected chi connectivity index (χ4v) is 12.9. The topological polar surface area (TPSA) is 315 Å². The summed E-state index contributed by atoms with van der Waals surface area (Å²) in [5.74, 6) is 0.838. The van der Waals surface area contributed by atoms with E-state index in [1.54, 1.807) is 47.4 Å². The summed E-state index contributed by atoms with van der Waals surface area (Å²) >= 11 is 0.860. The minimum Gasteiger partial charge on any atom is -0.370 e. The molecule has 4 saturated heterocycles. The van der Waals surface area contributed by atoms with Crippen LogP contribution < -0.4 is 27.0 Å². The number of carbonyl (C=O) groups is 10. The number of thiophene rings is 1. The molecule has 1 unspecified atom stereocenters. The van der Waals surface area contributed by atoms with Gasteiger partial charge in [0.2, 0.25) is 47.3 Å². The molecule has 4 aromatic rings. The molecule has 6 heterocycles. The first kappa shape index (κ1) is 59.7.